The van der Waals surface area contributed by atoms with Crippen molar-refractivity contribution >= 4 is 11.7 Å². The van der Waals surface area contributed by atoms with Gasteiger partial charge >= 0.3 is 0 Å². The predicted molar refractivity (Wildman–Crippen MR) is 57.2 cm³/mol. The van der Waals surface area contributed by atoms with Crippen LogP contribution in [0.5, 0.6) is 5.75 Å². The number of aromatic nitrogens is 1. The molecule has 92 valence electrons. The normalized spacial score (nSPS) is 10.3. The molecule has 1 aromatic heterocycles. The van der Waals surface area contributed by atoms with E-state index in [2.05, 4.69) is 5.32 Å². The van der Waals surface area contributed by atoms with Crippen LogP contribution in [0.4, 0.5) is 0 Å². The van der Waals surface area contributed by atoms with Gasteiger partial charge in [0.25, 0.3) is 11.7 Å². The zero-order valence-electron chi connectivity index (χ0n) is 9.30. The first-order chi connectivity index (χ1) is 7.82. The van der Waals surface area contributed by atoms with Gasteiger partial charge in [0.1, 0.15) is 5.69 Å². The van der Waals surface area contributed by atoms with E-state index in [-0.39, 0.29) is 10.8 Å². The molecular formula is C10H12N2O5. The molecule has 3 N–H and O–H groups in total. The van der Waals surface area contributed by atoms with E-state index in [0.717, 1.165) is 0 Å². The summed E-state index contributed by atoms with van der Waals surface area (Å²) < 4.78 is 0.235. The third-order valence-corrected chi connectivity index (χ3v) is 1.87. The van der Waals surface area contributed by atoms with E-state index >= 15 is 0 Å². The summed E-state index contributed by atoms with van der Waals surface area (Å²) in [5.41, 5.74) is -1.36. The first-order valence-corrected chi connectivity index (χ1v) is 4.83. The van der Waals surface area contributed by atoms with Gasteiger partial charge in [-0.25, -0.2) is 0 Å². The summed E-state index contributed by atoms with van der Waals surface area (Å²) in [4.78, 5) is 34.0. The summed E-state index contributed by atoms with van der Waals surface area (Å²) in [6.07, 6.45) is 0.651. The average Bonchev–Trinajstić information content (AvgIpc) is 2.21. The molecule has 0 saturated carbocycles. The Morgan fingerprint density at radius 3 is 2.53 bits per heavy atom. The van der Waals surface area contributed by atoms with Gasteiger partial charge in [0.05, 0.1) is 6.20 Å². The van der Waals surface area contributed by atoms with Crippen LogP contribution in [-0.4, -0.2) is 32.8 Å². The molecule has 0 aliphatic carbocycles. The fourth-order valence-electron chi connectivity index (χ4n) is 1.13. The van der Waals surface area contributed by atoms with Crippen molar-refractivity contribution in [1.82, 2.24) is 10.0 Å². The Hall–Kier alpha value is -2.31. The second-order valence-corrected chi connectivity index (χ2v) is 3.71. The first kappa shape index (κ1) is 12.8. The van der Waals surface area contributed by atoms with Crippen LogP contribution < -0.4 is 10.7 Å². The molecule has 0 aliphatic heterocycles. The first-order valence-electron chi connectivity index (χ1n) is 4.83. The maximum Gasteiger partial charge on any atom is 0.294 e. The number of amides is 1. The van der Waals surface area contributed by atoms with E-state index in [1.165, 1.54) is 0 Å². The van der Waals surface area contributed by atoms with E-state index in [1.54, 1.807) is 13.8 Å². The number of ketones is 1. The number of Topliss-reactive ketones (excluding diaryl/α,β-unsaturated/α-hetero) is 1. The van der Waals surface area contributed by atoms with Crippen LogP contribution in [0.2, 0.25) is 0 Å². The van der Waals surface area contributed by atoms with Gasteiger partial charge in [-0.2, -0.15) is 4.73 Å². The molecule has 0 saturated heterocycles. The van der Waals surface area contributed by atoms with Crippen molar-refractivity contribution in [2.24, 2.45) is 0 Å². The van der Waals surface area contributed by atoms with E-state index in [1.807, 2.05) is 0 Å². The largest absolute Gasteiger partial charge is 0.503 e. The highest BCUT2D eigenvalue weighted by atomic mass is 16.5. The Kier molecular flexibility index (Phi) is 3.52. The van der Waals surface area contributed by atoms with Crippen LogP contribution in [0.3, 0.4) is 0 Å². The average molecular weight is 240 g/mol. The number of hydrogen-bond donors (Lipinski definition) is 3. The Morgan fingerprint density at radius 1 is 1.41 bits per heavy atom. The van der Waals surface area contributed by atoms with Gasteiger partial charge in [0, 0.05) is 12.1 Å². The molecule has 1 rings (SSSR count). The Labute approximate surface area is 96.3 Å². The van der Waals surface area contributed by atoms with Crippen LogP contribution >= 0.6 is 0 Å². The number of hydrogen-bond acceptors (Lipinski definition) is 5. The van der Waals surface area contributed by atoms with Crippen molar-refractivity contribution in [3.63, 3.8) is 0 Å². The third-order valence-electron chi connectivity index (χ3n) is 1.87. The van der Waals surface area contributed by atoms with Crippen molar-refractivity contribution < 1.29 is 19.9 Å². The highest BCUT2D eigenvalue weighted by Crippen LogP contribution is 2.03. The Morgan fingerprint density at radius 2 is 2.00 bits per heavy atom. The van der Waals surface area contributed by atoms with Gasteiger partial charge in [-0.15, -0.1) is 0 Å². The fraction of sp³-hybridized carbons (Fsp3) is 0.300. The SMILES string of the molecule is CC(C)NC(=O)C(=O)c1cc(=O)c(O)cn1O. The van der Waals surface area contributed by atoms with Crippen LogP contribution in [0.15, 0.2) is 17.1 Å². The molecule has 0 bridgehead atoms. The maximum atomic E-state index is 11.6. The number of carbonyl (C=O) groups is 2. The number of rotatable bonds is 3. The predicted octanol–water partition coefficient (Wildman–Crippen LogP) is -0.502. The highest BCUT2D eigenvalue weighted by Gasteiger charge is 2.21. The zero-order chi connectivity index (χ0) is 13.2. The lowest BCUT2D eigenvalue weighted by molar-refractivity contribution is -0.117. The van der Waals surface area contributed by atoms with Crippen molar-refractivity contribution in [1.29, 1.82) is 0 Å². The van der Waals surface area contributed by atoms with E-state index < -0.39 is 28.6 Å². The van der Waals surface area contributed by atoms with Crippen molar-refractivity contribution in [2.75, 3.05) is 0 Å². The van der Waals surface area contributed by atoms with Gasteiger partial charge < -0.3 is 15.6 Å². The molecule has 0 radical (unpaired) electrons. The number of aromatic hydroxyl groups is 1. The third kappa shape index (κ3) is 2.83. The summed E-state index contributed by atoms with van der Waals surface area (Å²) in [7, 11) is 0. The number of carbonyl (C=O) groups excluding carboxylic acids is 2. The summed E-state index contributed by atoms with van der Waals surface area (Å²) >= 11 is 0. The standard InChI is InChI=1S/C10H12N2O5/c1-5(2)11-10(16)9(15)6-3-7(13)8(14)4-12(6)17/h3-5,14,17H,1-2H3,(H,11,16). The fourth-order valence-corrected chi connectivity index (χ4v) is 1.13. The molecular weight excluding hydrogens is 228 g/mol. The number of nitrogens with one attached hydrogen (secondary N) is 1. The zero-order valence-corrected chi connectivity index (χ0v) is 9.30. The maximum absolute atomic E-state index is 11.6. The summed E-state index contributed by atoms with van der Waals surface area (Å²) in [5.74, 6) is -2.71. The van der Waals surface area contributed by atoms with Crippen molar-refractivity contribution in [3.05, 3.63) is 28.2 Å². The summed E-state index contributed by atoms with van der Waals surface area (Å²) in [6, 6.07) is 0.444. The molecule has 7 heteroatoms. The molecule has 0 spiro atoms. The molecule has 0 aromatic carbocycles. The molecule has 0 unspecified atom stereocenters. The molecule has 1 amide bonds. The molecule has 1 heterocycles. The van der Waals surface area contributed by atoms with Crippen LogP contribution in [0.1, 0.15) is 24.3 Å². The molecule has 0 fully saturated rings. The minimum absolute atomic E-state index is 0.235. The van der Waals surface area contributed by atoms with Crippen LogP contribution in [-0.2, 0) is 4.79 Å². The number of pyridine rings is 1. The molecule has 1 aromatic rings. The monoisotopic (exact) mass is 240 g/mol. The number of nitrogens with zero attached hydrogens (tertiary/aromatic N) is 1. The lowest BCUT2D eigenvalue weighted by Crippen LogP contribution is -2.37. The van der Waals surface area contributed by atoms with Crippen molar-refractivity contribution in [3.8, 4) is 5.75 Å². The summed E-state index contributed by atoms with van der Waals surface area (Å²) in [6.45, 7) is 3.32. The molecule has 0 aliphatic rings. The van der Waals surface area contributed by atoms with E-state index in [9.17, 15) is 19.6 Å². The molecule has 17 heavy (non-hydrogen) atoms. The van der Waals surface area contributed by atoms with E-state index in [4.69, 9.17) is 5.11 Å². The van der Waals surface area contributed by atoms with Crippen molar-refractivity contribution in [2.45, 2.75) is 19.9 Å². The molecule has 0 atom stereocenters. The van der Waals surface area contributed by atoms with Gasteiger partial charge in [-0.1, -0.05) is 0 Å². The van der Waals surface area contributed by atoms with Crippen LogP contribution in [0.25, 0.3) is 0 Å². The quantitative estimate of drug-likeness (QED) is 0.375. The molecule has 7 nitrogen and oxygen atoms in total. The topological polar surface area (TPSA) is 109 Å². The Balaban J connectivity index is 3.09. The lowest BCUT2D eigenvalue weighted by Gasteiger charge is -2.09. The van der Waals surface area contributed by atoms with Gasteiger partial charge in [0.2, 0.25) is 5.43 Å². The van der Waals surface area contributed by atoms with E-state index in [0.29, 0.717) is 12.3 Å². The van der Waals surface area contributed by atoms with Gasteiger partial charge in [-0.05, 0) is 13.8 Å². The minimum atomic E-state index is -1.06. The lowest BCUT2D eigenvalue weighted by atomic mass is 10.2. The second-order valence-electron chi connectivity index (χ2n) is 3.71. The van der Waals surface area contributed by atoms with Crippen LogP contribution in [0, 0.1) is 0 Å². The van der Waals surface area contributed by atoms with Gasteiger partial charge in [-0.3, -0.25) is 14.4 Å². The van der Waals surface area contributed by atoms with Gasteiger partial charge in [0.15, 0.2) is 5.75 Å². The second kappa shape index (κ2) is 4.69. The minimum Gasteiger partial charge on any atom is -0.503 e. The summed E-state index contributed by atoms with van der Waals surface area (Å²) in [5, 5.41) is 20.6. The Bertz CT molecular complexity index is 518. The highest BCUT2D eigenvalue weighted by molar-refractivity contribution is 6.42. The smallest absolute Gasteiger partial charge is 0.294 e.